The number of aromatic nitrogens is 1. The number of hydrogen-bond donors (Lipinski definition) is 1. The van der Waals surface area contributed by atoms with Gasteiger partial charge in [-0.2, -0.15) is 0 Å². The van der Waals surface area contributed by atoms with E-state index in [1.165, 1.54) is 6.08 Å². The molecule has 3 rings (SSSR count). The summed E-state index contributed by atoms with van der Waals surface area (Å²) >= 11 is 1.64. The minimum absolute atomic E-state index is 0. The molecular formula is C19H20ClFN2O2S. The summed E-state index contributed by atoms with van der Waals surface area (Å²) in [7, 11) is 0. The predicted octanol–water partition coefficient (Wildman–Crippen LogP) is 5.06. The number of carbonyl (C=O) groups excluding carboxylic acids is 1. The van der Waals surface area contributed by atoms with E-state index in [0.717, 1.165) is 15.2 Å². The summed E-state index contributed by atoms with van der Waals surface area (Å²) in [6.45, 7) is 3.58. The zero-order valence-electron chi connectivity index (χ0n) is 14.4. The summed E-state index contributed by atoms with van der Waals surface area (Å²) in [6.07, 6.45) is 1.39. The zero-order valence-corrected chi connectivity index (χ0v) is 16.1. The lowest BCUT2D eigenvalue weighted by atomic mass is 10.2. The van der Waals surface area contributed by atoms with Crippen LogP contribution < -0.4 is 10.5 Å². The Bertz CT molecular complexity index is 882. The molecular weight excluding hydrogens is 375 g/mol. The van der Waals surface area contributed by atoms with Gasteiger partial charge in [-0.3, -0.25) is 4.79 Å². The average Bonchev–Trinajstić information content (AvgIpc) is 3.00. The molecule has 0 aliphatic carbocycles. The Balaban J connectivity index is 0.000000290. The van der Waals surface area contributed by atoms with E-state index in [1.54, 1.807) is 42.5 Å². The van der Waals surface area contributed by atoms with E-state index in [9.17, 15) is 9.18 Å². The maximum atomic E-state index is 12.9. The lowest BCUT2D eigenvalue weighted by molar-refractivity contribution is 0.100. The Kier molecular flexibility index (Phi) is 8.75. The molecule has 7 heteroatoms. The molecule has 1 aromatic heterocycles. The number of primary amides is 1. The second kappa shape index (κ2) is 10.5. The summed E-state index contributed by atoms with van der Waals surface area (Å²) in [5.74, 6) is -0.0000414. The van der Waals surface area contributed by atoms with Crippen LogP contribution in [0.2, 0.25) is 0 Å². The molecule has 0 spiro atoms. The highest BCUT2D eigenvalue weighted by molar-refractivity contribution is 7.18. The molecule has 0 saturated carbocycles. The lowest BCUT2D eigenvalue weighted by Gasteiger charge is -2.03. The van der Waals surface area contributed by atoms with Crippen LogP contribution >= 0.6 is 23.7 Å². The van der Waals surface area contributed by atoms with Crippen LogP contribution in [0.1, 0.15) is 22.3 Å². The van der Waals surface area contributed by atoms with Crippen molar-refractivity contribution in [2.75, 3.05) is 6.61 Å². The van der Waals surface area contributed by atoms with E-state index in [4.69, 9.17) is 10.5 Å². The normalized spacial score (nSPS) is 10.5. The molecule has 2 aromatic carbocycles. The Morgan fingerprint density at radius 2 is 1.96 bits per heavy atom. The second-order valence-corrected chi connectivity index (χ2v) is 6.35. The summed E-state index contributed by atoms with van der Waals surface area (Å²) in [5, 5.41) is 1.02. The van der Waals surface area contributed by atoms with Crippen LogP contribution in [-0.2, 0) is 0 Å². The van der Waals surface area contributed by atoms with Crippen LogP contribution in [0, 0.1) is 6.92 Å². The number of carbonyl (C=O) groups is 1. The lowest BCUT2D eigenvalue weighted by Crippen LogP contribution is -2.09. The van der Waals surface area contributed by atoms with E-state index >= 15 is 0 Å². The quantitative estimate of drug-likeness (QED) is 0.672. The number of benzene rings is 2. The van der Waals surface area contributed by atoms with Gasteiger partial charge in [-0.1, -0.05) is 24.3 Å². The first-order chi connectivity index (χ1) is 12.0. The molecule has 26 heavy (non-hydrogen) atoms. The van der Waals surface area contributed by atoms with Crippen molar-refractivity contribution >= 4 is 39.9 Å². The molecule has 0 saturated heterocycles. The fourth-order valence-corrected chi connectivity index (χ4v) is 2.76. The molecule has 1 heterocycles. The van der Waals surface area contributed by atoms with Gasteiger partial charge in [0, 0.05) is 11.6 Å². The van der Waals surface area contributed by atoms with Crippen molar-refractivity contribution in [3.8, 4) is 5.75 Å². The predicted molar refractivity (Wildman–Crippen MR) is 107 cm³/mol. The Morgan fingerprint density at radius 1 is 1.27 bits per heavy atom. The molecule has 138 valence electrons. The summed E-state index contributed by atoms with van der Waals surface area (Å²) in [4.78, 5) is 14.8. The SMILES string of the molecule is C/C=C(/F)COc1ccc2sc(C)nc2c1.Cl.NC(=O)c1ccccc1. The highest BCUT2D eigenvalue weighted by Gasteiger charge is 2.03. The van der Waals surface area contributed by atoms with Crippen molar-refractivity contribution in [3.63, 3.8) is 0 Å². The first kappa shape index (κ1) is 21.6. The number of nitrogens with two attached hydrogens (primary N) is 1. The molecule has 4 nitrogen and oxygen atoms in total. The number of rotatable bonds is 4. The van der Waals surface area contributed by atoms with Gasteiger partial charge in [0.2, 0.25) is 5.91 Å². The maximum Gasteiger partial charge on any atom is 0.248 e. The van der Waals surface area contributed by atoms with Crippen LogP contribution in [-0.4, -0.2) is 17.5 Å². The van der Waals surface area contributed by atoms with Gasteiger partial charge in [-0.15, -0.1) is 23.7 Å². The van der Waals surface area contributed by atoms with Crippen molar-refractivity contribution in [1.29, 1.82) is 0 Å². The zero-order chi connectivity index (χ0) is 18.2. The Morgan fingerprint density at radius 3 is 2.54 bits per heavy atom. The number of thiazole rings is 1. The number of nitrogens with zero attached hydrogens (tertiary/aromatic N) is 1. The molecule has 0 fully saturated rings. The molecule has 3 aromatic rings. The molecule has 0 aliphatic rings. The van der Waals surface area contributed by atoms with Crippen molar-refractivity contribution < 1.29 is 13.9 Å². The highest BCUT2D eigenvalue weighted by Crippen LogP contribution is 2.25. The van der Waals surface area contributed by atoms with Gasteiger partial charge < -0.3 is 10.5 Å². The minimum atomic E-state index is -0.379. The van der Waals surface area contributed by atoms with Gasteiger partial charge in [0.25, 0.3) is 0 Å². The smallest absolute Gasteiger partial charge is 0.248 e. The summed E-state index contributed by atoms with van der Waals surface area (Å²) in [6, 6.07) is 14.4. The van der Waals surface area contributed by atoms with Gasteiger partial charge in [0.1, 0.15) is 18.2 Å². The fraction of sp³-hybridized carbons (Fsp3) is 0.158. The highest BCUT2D eigenvalue weighted by atomic mass is 35.5. The number of amides is 1. The molecule has 0 radical (unpaired) electrons. The monoisotopic (exact) mass is 394 g/mol. The third kappa shape index (κ3) is 6.46. The fourth-order valence-electron chi connectivity index (χ4n) is 1.95. The molecule has 0 atom stereocenters. The third-order valence-electron chi connectivity index (χ3n) is 3.21. The Hall–Kier alpha value is -2.44. The van der Waals surface area contributed by atoms with E-state index in [2.05, 4.69) is 4.98 Å². The largest absolute Gasteiger partial charge is 0.486 e. The van der Waals surface area contributed by atoms with Crippen molar-refractivity contribution in [1.82, 2.24) is 4.98 Å². The molecule has 0 aliphatic heterocycles. The van der Waals surface area contributed by atoms with Crippen molar-refractivity contribution in [3.05, 3.63) is 71.0 Å². The van der Waals surface area contributed by atoms with E-state index < -0.39 is 0 Å². The standard InChI is InChI=1S/C12H12FNOS.C7H7NO.ClH/c1-3-9(13)7-15-10-4-5-12-11(6-10)14-8(2)16-12;8-7(9)6-4-2-1-3-5-6;/h3-6H,7H2,1-2H3;1-5H,(H2,8,9);1H/b9-3+;;. The van der Waals surface area contributed by atoms with E-state index in [0.29, 0.717) is 11.3 Å². The van der Waals surface area contributed by atoms with E-state index in [1.807, 2.05) is 31.2 Å². The summed E-state index contributed by atoms with van der Waals surface area (Å²) < 4.78 is 19.3. The van der Waals surface area contributed by atoms with Crippen LogP contribution in [0.3, 0.4) is 0 Å². The Labute approximate surface area is 161 Å². The third-order valence-corrected chi connectivity index (χ3v) is 4.17. The van der Waals surface area contributed by atoms with Gasteiger partial charge in [0.05, 0.1) is 15.2 Å². The molecule has 0 bridgehead atoms. The topological polar surface area (TPSA) is 65.2 Å². The van der Waals surface area contributed by atoms with Gasteiger partial charge in [0.15, 0.2) is 0 Å². The number of allylic oxidation sites excluding steroid dienone is 1. The van der Waals surface area contributed by atoms with Crippen LogP contribution in [0.5, 0.6) is 5.75 Å². The van der Waals surface area contributed by atoms with Crippen LogP contribution in [0.4, 0.5) is 4.39 Å². The van der Waals surface area contributed by atoms with Gasteiger partial charge in [-0.05, 0) is 38.1 Å². The van der Waals surface area contributed by atoms with E-state index in [-0.39, 0.29) is 30.7 Å². The first-order valence-corrected chi connectivity index (χ1v) is 8.46. The van der Waals surface area contributed by atoms with Gasteiger partial charge in [-0.25, -0.2) is 9.37 Å². The van der Waals surface area contributed by atoms with Gasteiger partial charge >= 0.3 is 0 Å². The number of halogens is 2. The minimum Gasteiger partial charge on any atom is -0.486 e. The molecule has 2 N–H and O–H groups in total. The maximum absolute atomic E-state index is 12.9. The average molecular weight is 395 g/mol. The summed E-state index contributed by atoms with van der Waals surface area (Å²) in [5.41, 5.74) is 6.43. The number of ether oxygens (including phenoxy) is 1. The molecule has 1 amide bonds. The van der Waals surface area contributed by atoms with Crippen LogP contribution in [0.25, 0.3) is 10.2 Å². The number of aryl methyl sites for hydroxylation is 1. The van der Waals surface area contributed by atoms with Crippen LogP contribution in [0.15, 0.2) is 60.4 Å². The first-order valence-electron chi connectivity index (χ1n) is 7.65. The molecule has 0 unspecified atom stereocenters. The number of hydrogen-bond acceptors (Lipinski definition) is 4. The van der Waals surface area contributed by atoms with Crippen molar-refractivity contribution in [2.24, 2.45) is 5.73 Å². The number of fused-ring (bicyclic) bond motifs is 1. The van der Waals surface area contributed by atoms with Crippen molar-refractivity contribution in [2.45, 2.75) is 13.8 Å². The second-order valence-electron chi connectivity index (χ2n) is 5.12.